The van der Waals surface area contributed by atoms with Gasteiger partial charge in [0, 0.05) is 24.3 Å². The topological polar surface area (TPSA) is 67.2 Å². The van der Waals surface area contributed by atoms with Crippen LogP contribution in [-0.2, 0) is 11.3 Å². The number of hydrogen-bond acceptors (Lipinski definition) is 3. The lowest BCUT2D eigenvalue weighted by Gasteiger charge is -2.19. The summed E-state index contributed by atoms with van der Waals surface area (Å²) < 4.78 is 2.56. The zero-order chi connectivity index (χ0) is 18.6. The third-order valence-electron chi connectivity index (χ3n) is 4.03. The highest BCUT2D eigenvalue weighted by Gasteiger charge is 2.15. The minimum Gasteiger partial charge on any atom is -0.339 e. The third kappa shape index (κ3) is 4.48. The summed E-state index contributed by atoms with van der Waals surface area (Å²) in [5.41, 5.74) is 2.91. The molecule has 25 heavy (non-hydrogen) atoms. The predicted molar refractivity (Wildman–Crippen MR) is 102 cm³/mol. The molecule has 0 aliphatic carbocycles. The number of carbonyl (C=O) groups is 2. The van der Waals surface area contributed by atoms with Crippen molar-refractivity contribution in [3.8, 4) is 0 Å². The highest BCUT2D eigenvalue weighted by Crippen LogP contribution is 2.20. The Hall–Kier alpha value is -2.15. The van der Waals surface area contributed by atoms with E-state index in [9.17, 15) is 9.59 Å². The molecular formula is C18H23BrN4O2. The molecule has 1 N–H and O–H groups in total. The van der Waals surface area contributed by atoms with Gasteiger partial charge < -0.3 is 10.2 Å². The number of benzene rings is 1. The molecule has 7 heteroatoms. The van der Waals surface area contributed by atoms with Crippen molar-refractivity contribution in [2.24, 2.45) is 0 Å². The standard InChI is InChI=1S/C18H23BrN4O2/c1-5-22(6-2)18(25)14-8-7-9-15(10-14)20-16(24)11-23-13(4)17(19)12(3)21-23/h7-10H,5-6,11H2,1-4H3,(H,20,24). The van der Waals surface area contributed by atoms with E-state index in [-0.39, 0.29) is 18.4 Å². The van der Waals surface area contributed by atoms with Gasteiger partial charge in [-0.15, -0.1) is 0 Å². The van der Waals surface area contributed by atoms with E-state index in [0.717, 1.165) is 15.9 Å². The number of aryl methyl sites for hydroxylation is 1. The zero-order valence-electron chi connectivity index (χ0n) is 15.0. The number of aromatic nitrogens is 2. The van der Waals surface area contributed by atoms with E-state index >= 15 is 0 Å². The molecule has 0 bridgehead atoms. The number of anilines is 1. The van der Waals surface area contributed by atoms with Gasteiger partial charge in [0.1, 0.15) is 6.54 Å². The number of halogens is 1. The van der Waals surface area contributed by atoms with Gasteiger partial charge in [-0.1, -0.05) is 6.07 Å². The number of carbonyl (C=O) groups excluding carboxylic acids is 2. The summed E-state index contributed by atoms with van der Waals surface area (Å²) in [4.78, 5) is 26.5. The Morgan fingerprint density at radius 3 is 2.48 bits per heavy atom. The van der Waals surface area contributed by atoms with E-state index in [0.29, 0.717) is 24.3 Å². The lowest BCUT2D eigenvalue weighted by atomic mass is 10.1. The number of nitrogens with zero attached hydrogens (tertiary/aromatic N) is 3. The van der Waals surface area contributed by atoms with Crippen LogP contribution in [0, 0.1) is 13.8 Å². The number of nitrogens with one attached hydrogen (secondary N) is 1. The fraction of sp³-hybridized carbons (Fsp3) is 0.389. The molecule has 0 atom stereocenters. The van der Waals surface area contributed by atoms with Gasteiger partial charge in [-0.3, -0.25) is 14.3 Å². The maximum absolute atomic E-state index is 12.4. The summed E-state index contributed by atoms with van der Waals surface area (Å²) in [6.45, 7) is 9.09. The molecule has 0 aliphatic heterocycles. The summed E-state index contributed by atoms with van der Waals surface area (Å²) in [6.07, 6.45) is 0. The molecule has 0 fully saturated rings. The molecule has 0 saturated heterocycles. The van der Waals surface area contributed by atoms with Crippen molar-refractivity contribution >= 4 is 33.4 Å². The summed E-state index contributed by atoms with van der Waals surface area (Å²) in [6, 6.07) is 7.00. The average molecular weight is 407 g/mol. The van der Waals surface area contributed by atoms with Crippen LogP contribution < -0.4 is 5.32 Å². The van der Waals surface area contributed by atoms with E-state index in [4.69, 9.17) is 0 Å². The monoisotopic (exact) mass is 406 g/mol. The number of amides is 2. The Labute approximate surface area is 156 Å². The van der Waals surface area contributed by atoms with Crippen LogP contribution >= 0.6 is 15.9 Å². The predicted octanol–water partition coefficient (Wildman–Crippen LogP) is 3.38. The van der Waals surface area contributed by atoms with Crippen molar-refractivity contribution < 1.29 is 9.59 Å². The van der Waals surface area contributed by atoms with Crippen LogP contribution in [0.15, 0.2) is 28.7 Å². The smallest absolute Gasteiger partial charge is 0.253 e. The number of rotatable bonds is 6. The van der Waals surface area contributed by atoms with Crippen molar-refractivity contribution in [1.29, 1.82) is 0 Å². The van der Waals surface area contributed by atoms with Crippen molar-refractivity contribution in [1.82, 2.24) is 14.7 Å². The minimum absolute atomic E-state index is 0.0384. The Bertz CT molecular complexity index is 781. The first-order valence-electron chi connectivity index (χ1n) is 8.26. The van der Waals surface area contributed by atoms with Gasteiger partial charge >= 0.3 is 0 Å². The van der Waals surface area contributed by atoms with Gasteiger partial charge in [0.25, 0.3) is 5.91 Å². The summed E-state index contributed by atoms with van der Waals surface area (Å²) in [5, 5.41) is 7.16. The maximum atomic E-state index is 12.4. The first-order valence-corrected chi connectivity index (χ1v) is 9.05. The number of hydrogen-bond donors (Lipinski definition) is 1. The fourth-order valence-electron chi connectivity index (χ4n) is 2.59. The molecule has 1 aromatic heterocycles. The molecule has 1 aromatic carbocycles. The molecule has 0 spiro atoms. The highest BCUT2D eigenvalue weighted by molar-refractivity contribution is 9.10. The van der Waals surface area contributed by atoms with Gasteiger partial charge in [0.05, 0.1) is 15.9 Å². The Kier molecular flexibility index (Phi) is 6.36. The van der Waals surface area contributed by atoms with Crippen LogP contribution in [-0.4, -0.2) is 39.6 Å². The van der Waals surface area contributed by atoms with E-state index < -0.39 is 0 Å². The van der Waals surface area contributed by atoms with Crippen LogP contribution in [0.2, 0.25) is 0 Å². The molecule has 0 radical (unpaired) electrons. The molecule has 2 rings (SSSR count). The van der Waals surface area contributed by atoms with Gasteiger partial charge in [-0.25, -0.2) is 0 Å². The van der Waals surface area contributed by atoms with E-state index in [1.165, 1.54) is 0 Å². The van der Waals surface area contributed by atoms with E-state index in [2.05, 4.69) is 26.3 Å². The lowest BCUT2D eigenvalue weighted by molar-refractivity contribution is -0.116. The Balaban J connectivity index is 2.10. The van der Waals surface area contributed by atoms with Gasteiger partial charge in [0.2, 0.25) is 5.91 Å². The van der Waals surface area contributed by atoms with Crippen LogP contribution in [0.3, 0.4) is 0 Å². The Morgan fingerprint density at radius 1 is 1.24 bits per heavy atom. The lowest BCUT2D eigenvalue weighted by Crippen LogP contribution is -2.30. The van der Waals surface area contributed by atoms with Gasteiger partial charge in [0.15, 0.2) is 0 Å². The SMILES string of the molecule is CCN(CC)C(=O)c1cccc(NC(=O)Cn2nc(C)c(Br)c2C)c1. The van der Waals surface area contributed by atoms with Crippen molar-refractivity contribution in [3.63, 3.8) is 0 Å². The summed E-state index contributed by atoms with van der Waals surface area (Å²) >= 11 is 3.45. The van der Waals surface area contributed by atoms with Crippen LogP contribution in [0.25, 0.3) is 0 Å². The molecule has 2 aromatic rings. The maximum Gasteiger partial charge on any atom is 0.253 e. The minimum atomic E-state index is -0.189. The molecule has 134 valence electrons. The molecule has 0 unspecified atom stereocenters. The largest absolute Gasteiger partial charge is 0.339 e. The second kappa shape index (κ2) is 8.29. The molecule has 2 amide bonds. The quantitative estimate of drug-likeness (QED) is 0.799. The zero-order valence-corrected chi connectivity index (χ0v) is 16.6. The molecule has 6 nitrogen and oxygen atoms in total. The van der Waals surface area contributed by atoms with Crippen LogP contribution in [0.4, 0.5) is 5.69 Å². The van der Waals surface area contributed by atoms with Crippen LogP contribution in [0.5, 0.6) is 0 Å². The molecule has 0 aliphatic rings. The Morgan fingerprint density at radius 2 is 1.92 bits per heavy atom. The second-order valence-electron chi connectivity index (χ2n) is 5.75. The van der Waals surface area contributed by atoms with Crippen LogP contribution in [0.1, 0.15) is 35.6 Å². The molecular weight excluding hydrogens is 384 g/mol. The summed E-state index contributed by atoms with van der Waals surface area (Å²) in [5.74, 6) is -0.228. The normalized spacial score (nSPS) is 10.6. The molecule has 1 heterocycles. The van der Waals surface area contributed by atoms with Gasteiger partial charge in [-0.05, 0) is 61.8 Å². The molecule has 0 saturated carbocycles. The first kappa shape index (κ1) is 19.2. The highest BCUT2D eigenvalue weighted by atomic mass is 79.9. The second-order valence-corrected chi connectivity index (χ2v) is 6.54. The van der Waals surface area contributed by atoms with E-state index in [1.807, 2.05) is 27.7 Å². The third-order valence-corrected chi connectivity index (χ3v) is 5.18. The van der Waals surface area contributed by atoms with Crippen molar-refractivity contribution in [2.75, 3.05) is 18.4 Å². The fourth-order valence-corrected chi connectivity index (χ4v) is 2.87. The van der Waals surface area contributed by atoms with Crippen molar-refractivity contribution in [3.05, 3.63) is 45.7 Å². The summed E-state index contributed by atoms with van der Waals surface area (Å²) in [7, 11) is 0. The van der Waals surface area contributed by atoms with Crippen molar-refractivity contribution in [2.45, 2.75) is 34.2 Å². The first-order chi connectivity index (χ1) is 11.9. The van der Waals surface area contributed by atoms with Gasteiger partial charge in [-0.2, -0.15) is 5.10 Å². The average Bonchev–Trinajstić information content (AvgIpc) is 2.83. The van der Waals surface area contributed by atoms with E-state index in [1.54, 1.807) is 33.8 Å².